The molecule has 0 bridgehead atoms. The average molecular weight is 228 g/mol. The molecule has 0 aliphatic rings. The van der Waals surface area contributed by atoms with E-state index < -0.39 is 0 Å². The van der Waals surface area contributed by atoms with Crippen LogP contribution < -0.4 is 10.3 Å². The number of hydrogen-bond acceptors (Lipinski definition) is 2. The lowest BCUT2D eigenvalue weighted by atomic mass is 10.2. The van der Waals surface area contributed by atoms with Gasteiger partial charge in [0.25, 0.3) is 0 Å². The molecule has 17 heavy (non-hydrogen) atoms. The monoisotopic (exact) mass is 228 g/mol. The van der Waals surface area contributed by atoms with Crippen LogP contribution in [0, 0.1) is 0 Å². The third-order valence-electron chi connectivity index (χ3n) is 3.12. The number of H-pyrrole nitrogens is 1. The highest BCUT2D eigenvalue weighted by Gasteiger charge is 2.09. The Kier molecular flexibility index (Phi) is 1.98. The molecule has 1 N–H and O–H groups in total. The Bertz CT molecular complexity index is 768. The van der Waals surface area contributed by atoms with Gasteiger partial charge < -0.3 is 14.3 Å². The minimum atomic E-state index is -0.0900. The minimum Gasteiger partial charge on any atom is -0.497 e. The molecule has 0 atom stereocenters. The van der Waals surface area contributed by atoms with E-state index in [4.69, 9.17) is 4.74 Å². The van der Waals surface area contributed by atoms with Gasteiger partial charge in [0.15, 0.2) is 0 Å². The average Bonchev–Trinajstić information content (AvgIpc) is 2.62. The summed E-state index contributed by atoms with van der Waals surface area (Å²) in [7, 11) is 3.62. The number of methoxy groups -OCH3 is 1. The first kappa shape index (κ1) is 9.96. The lowest BCUT2D eigenvalue weighted by Gasteiger charge is -2.00. The molecule has 3 rings (SSSR count). The Hall–Kier alpha value is -2.23. The molecule has 4 heteroatoms. The van der Waals surface area contributed by atoms with Crippen LogP contribution in [0.1, 0.15) is 0 Å². The standard InChI is InChI=1S/C13H12N2O2/c1-15-11-4-3-8(17-2)5-9(11)10-6-13(16)14-7-12(10)15/h3-7H,1-2H3,(H,14,16). The van der Waals surface area contributed by atoms with Gasteiger partial charge in [-0.25, -0.2) is 0 Å². The van der Waals surface area contributed by atoms with Gasteiger partial charge in [0.1, 0.15) is 5.75 Å². The summed E-state index contributed by atoms with van der Waals surface area (Å²) >= 11 is 0. The summed E-state index contributed by atoms with van der Waals surface area (Å²) in [6.07, 6.45) is 1.74. The third-order valence-corrected chi connectivity index (χ3v) is 3.12. The van der Waals surface area contributed by atoms with Gasteiger partial charge in [0, 0.05) is 35.6 Å². The summed E-state index contributed by atoms with van der Waals surface area (Å²) in [5.41, 5.74) is 2.00. The summed E-state index contributed by atoms with van der Waals surface area (Å²) < 4.78 is 7.27. The molecule has 4 nitrogen and oxygen atoms in total. The van der Waals surface area contributed by atoms with Crippen LogP contribution in [0.2, 0.25) is 0 Å². The van der Waals surface area contributed by atoms with Crippen molar-refractivity contribution in [3.63, 3.8) is 0 Å². The number of fused-ring (bicyclic) bond motifs is 3. The summed E-state index contributed by atoms with van der Waals surface area (Å²) in [6, 6.07) is 7.50. The van der Waals surface area contributed by atoms with Crippen LogP contribution in [0.15, 0.2) is 35.3 Å². The van der Waals surface area contributed by atoms with Gasteiger partial charge >= 0.3 is 0 Å². The first-order chi connectivity index (χ1) is 8.20. The number of nitrogens with zero attached hydrogens (tertiary/aromatic N) is 1. The smallest absolute Gasteiger partial charge is 0.248 e. The number of aromatic amines is 1. The Morgan fingerprint density at radius 2 is 1.94 bits per heavy atom. The van der Waals surface area contributed by atoms with Crippen LogP contribution in [0.4, 0.5) is 0 Å². The molecule has 0 saturated carbocycles. The number of nitrogens with one attached hydrogen (secondary N) is 1. The Morgan fingerprint density at radius 3 is 2.71 bits per heavy atom. The van der Waals surface area contributed by atoms with Gasteiger partial charge in [-0.2, -0.15) is 0 Å². The number of aromatic nitrogens is 2. The van der Waals surface area contributed by atoms with Crippen molar-refractivity contribution in [3.05, 3.63) is 40.8 Å². The summed E-state index contributed by atoms with van der Waals surface area (Å²) in [5, 5.41) is 1.98. The lowest BCUT2D eigenvalue weighted by Crippen LogP contribution is -2.01. The molecule has 0 radical (unpaired) electrons. The Balaban J connectivity index is 2.55. The maximum absolute atomic E-state index is 11.4. The summed E-state index contributed by atoms with van der Waals surface area (Å²) in [4.78, 5) is 14.1. The van der Waals surface area contributed by atoms with E-state index in [0.717, 1.165) is 27.6 Å². The van der Waals surface area contributed by atoms with E-state index in [2.05, 4.69) is 9.55 Å². The van der Waals surface area contributed by atoms with Gasteiger partial charge in [0.05, 0.1) is 12.6 Å². The number of benzene rings is 1. The van der Waals surface area contributed by atoms with Gasteiger partial charge in [-0.3, -0.25) is 4.79 Å². The molecule has 3 aromatic rings. The SMILES string of the molecule is COc1ccc2c(c1)c1cc(=O)[nH]cc1n2C. The van der Waals surface area contributed by atoms with Crippen LogP contribution in [-0.2, 0) is 7.05 Å². The predicted octanol–water partition coefficient (Wildman–Crippen LogP) is 2.03. The number of pyridine rings is 1. The number of aryl methyl sites for hydroxylation is 1. The van der Waals surface area contributed by atoms with Crippen LogP contribution in [-0.4, -0.2) is 16.7 Å². The zero-order valence-corrected chi connectivity index (χ0v) is 9.65. The van der Waals surface area contributed by atoms with Crippen molar-refractivity contribution in [2.45, 2.75) is 0 Å². The van der Waals surface area contributed by atoms with E-state index >= 15 is 0 Å². The number of rotatable bonds is 1. The first-order valence-electron chi connectivity index (χ1n) is 5.35. The number of ether oxygens (including phenoxy) is 1. The second-order valence-corrected chi connectivity index (χ2v) is 4.04. The van der Waals surface area contributed by atoms with Crippen LogP contribution in [0.5, 0.6) is 5.75 Å². The summed E-state index contributed by atoms with van der Waals surface area (Å²) in [6.45, 7) is 0. The van der Waals surface area contributed by atoms with Gasteiger partial charge in [0.2, 0.25) is 5.56 Å². The highest BCUT2D eigenvalue weighted by molar-refractivity contribution is 6.08. The highest BCUT2D eigenvalue weighted by atomic mass is 16.5. The topological polar surface area (TPSA) is 47.0 Å². The van der Waals surface area contributed by atoms with E-state index in [1.54, 1.807) is 19.4 Å². The minimum absolute atomic E-state index is 0.0900. The predicted molar refractivity (Wildman–Crippen MR) is 67.6 cm³/mol. The highest BCUT2D eigenvalue weighted by Crippen LogP contribution is 2.29. The van der Waals surface area contributed by atoms with Crippen LogP contribution >= 0.6 is 0 Å². The van der Waals surface area contributed by atoms with Crippen molar-refractivity contribution < 1.29 is 4.74 Å². The molecular formula is C13H12N2O2. The molecule has 2 aromatic heterocycles. The normalized spacial score (nSPS) is 11.2. The van der Waals surface area contributed by atoms with Crippen molar-refractivity contribution in [2.24, 2.45) is 7.05 Å². The lowest BCUT2D eigenvalue weighted by molar-refractivity contribution is 0.415. The van der Waals surface area contributed by atoms with Crippen molar-refractivity contribution in [3.8, 4) is 5.75 Å². The van der Waals surface area contributed by atoms with Gasteiger partial charge in [-0.1, -0.05) is 0 Å². The first-order valence-corrected chi connectivity index (χ1v) is 5.35. The molecule has 1 aromatic carbocycles. The molecule has 0 amide bonds. The molecule has 0 fully saturated rings. The zero-order chi connectivity index (χ0) is 12.0. The molecule has 2 heterocycles. The van der Waals surface area contributed by atoms with Crippen molar-refractivity contribution in [2.75, 3.05) is 7.11 Å². The van der Waals surface area contributed by atoms with E-state index in [0.29, 0.717) is 0 Å². The molecule has 0 aliphatic heterocycles. The third kappa shape index (κ3) is 1.34. The Labute approximate surface area is 97.4 Å². The fraction of sp³-hybridized carbons (Fsp3) is 0.154. The molecular weight excluding hydrogens is 216 g/mol. The maximum Gasteiger partial charge on any atom is 0.248 e. The molecule has 0 aliphatic carbocycles. The second kappa shape index (κ2) is 3.38. The van der Waals surface area contributed by atoms with Crippen LogP contribution in [0.3, 0.4) is 0 Å². The molecule has 0 unspecified atom stereocenters. The molecule has 0 spiro atoms. The largest absolute Gasteiger partial charge is 0.497 e. The van der Waals surface area contributed by atoms with Crippen molar-refractivity contribution in [1.82, 2.24) is 9.55 Å². The fourth-order valence-corrected chi connectivity index (χ4v) is 2.24. The van der Waals surface area contributed by atoms with E-state index in [1.165, 1.54) is 0 Å². The van der Waals surface area contributed by atoms with Gasteiger partial charge in [-0.15, -0.1) is 0 Å². The zero-order valence-electron chi connectivity index (χ0n) is 9.65. The van der Waals surface area contributed by atoms with Crippen molar-refractivity contribution in [1.29, 1.82) is 0 Å². The van der Waals surface area contributed by atoms with E-state index in [-0.39, 0.29) is 5.56 Å². The second-order valence-electron chi connectivity index (χ2n) is 4.04. The van der Waals surface area contributed by atoms with Crippen molar-refractivity contribution >= 4 is 21.8 Å². The Morgan fingerprint density at radius 1 is 1.18 bits per heavy atom. The number of hydrogen-bond donors (Lipinski definition) is 1. The van der Waals surface area contributed by atoms with Crippen LogP contribution in [0.25, 0.3) is 21.8 Å². The quantitative estimate of drug-likeness (QED) is 0.692. The van der Waals surface area contributed by atoms with E-state index in [1.807, 2.05) is 25.2 Å². The fourth-order valence-electron chi connectivity index (χ4n) is 2.24. The maximum atomic E-state index is 11.4. The molecule has 0 saturated heterocycles. The molecule has 86 valence electrons. The van der Waals surface area contributed by atoms with Gasteiger partial charge in [-0.05, 0) is 18.2 Å². The van der Waals surface area contributed by atoms with E-state index in [9.17, 15) is 4.79 Å². The summed E-state index contributed by atoms with van der Waals surface area (Å²) in [5.74, 6) is 0.797.